The van der Waals surface area contributed by atoms with Gasteiger partial charge in [-0.1, -0.05) is 6.07 Å². The van der Waals surface area contributed by atoms with E-state index in [1.165, 1.54) is 0 Å². The van der Waals surface area contributed by atoms with E-state index in [4.69, 9.17) is 0 Å². The van der Waals surface area contributed by atoms with Crippen LogP contribution in [0.25, 0.3) is 5.65 Å². The van der Waals surface area contributed by atoms with E-state index in [1.54, 1.807) is 11.3 Å². The molecule has 3 aromatic rings. The van der Waals surface area contributed by atoms with Crippen LogP contribution in [0.5, 0.6) is 0 Å². The van der Waals surface area contributed by atoms with Gasteiger partial charge in [-0.3, -0.25) is 9.69 Å². The van der Waals surface area contributed by atoms with Gasteiger partial charge in [0.25, 0.3) is 5.91 Å². The molecular formula is C17H18N4OS. The summed E-state index contributed by atoms with van der Waals surface area (Å²) in [5.74, 6) is 0.152. The third-order valence-electron chi connectivity index (χ3n) is 4.23. The van der Waals surface area contributed by atoms with Crippen molar-refractivity contribution in [1.29, 1.82) is 0 Å². The van der Waals surface area contributed by atoms with Gasteiger partial charge >= 0.3 is 0 Å². The summed E-state index contributed by atoms with van der Waals surface area (Å²) in [5.41, 5.74) is 2.87. The Morgan fingerprint density at radius 3 is 2.78 bits per heavy atom. The number of thiophene rings is 1. The first-order valence-corrected chi connectivity index (χ1v) is 8.70. The Kier molecular flexibility index (Phi) is 3.85. The van der Waals surface area contributed by atoms with Crippen molar-refractivity contribution in [2.45, 2.75) is 6.54 Å². The summed E-state index contributed by atoms with van der Waals surface area (Å²) < 4.78 is 2.05. The van der Waals surface area contributed by atoms with Crippen LogP contribution in [0.4, 0.5) is 0 Å². The molecule has 0 atom stereocenters. The molecule has 4 heterocycles. The first-order valence-electron chi connectivity index (χ1n) is 7.76. The number of nitrogens with zero attached hydrogens (tertiary/aromatic N) is 4. The number of rotatable bonds is 3. The lowest BCUT2D eigenvalue weighted by molar-refractivity contribution is 0.0628. The minimum atomic E-state index is 0.152. The number of amides is 1. The number of hydrogen-bond acceptors (Lipinski definition) is 4. The Balaban J connectivity index is 1.37. The highest BCUT2D eigenvalue weighted by molar-refractivity contribution is 7.08. The highest BCUT2D eigenvalue weighted by Gasteiger charge is 2.22. The SMILES string of the molecule is O=C(c1ccsc1)N1CCN(Cc2cn3ccccc3n2)CC1. The molecule has 0 radical (unpaired) electrons. The zero-order chi connectivity index (χ0) is 15.6. The molecule has 118 valence electrons. The van der Waals surface area contributed by atoms with E-state index < -0.39 is 0 Å². The normalized spacial score (nSPS) is 16.1. The highest BCUT2D eigenvalue weighted by atomic mass is 32.1. The molecule has 0 aromatic carbocycles. The van der Waals surface area contributed by atoms with Crippen molar-refractivity contribution in [3.8, 4) is 0 Å². The fourth-order valence-electron chi connectivity index (χ4n) is 2.97. The molecule has 0 saturated carbocycles. The number of hydrogen-bond donors (Lipinski definition) is 0. The summed E-state index contributed by atoms with van der Waals surface area (Å²) in [7, 11) is 0. The number of imidazole rings is 1. The van der Waals surface area contributed by atoms with Gasteiger partial charge in [-0.25, -0.2) is 4.98 Å². The molecule has 0 aliphatic carbocycles. The number of piperazine rings is 1. The summed E-state index contributed by atoms with van der Waals surface area (Å²) >= 11 is 1.57. The van der Waals surface area contributed by atoms with E-state index in [2.05, 4.69) is 16.1 Å². The summed E-state index contributed by atoms with van der Waals surface area (Å²) in [6.07, 6.45) is 4.10. The lowest BCUT2D eigenvalue weighted by Crippen LogP contribution is -2.48. The number of carbonyl (C=O) groups is 1. The molecule has 5 nitrogen and oxygen atoms in total. The molecule has 1 aliphatic rings. The average Bonchev–Trinajstić information content (AvgIpc) is 3.24. The molecule has 23 heavy (non-hydrogen) atoms. The number of carbonyl (C=O) groups excluding carboxylic acids is 1. The van der Waals surface area contributed by atoms with Crippen LogP contribution in [0.1, 0.15) is 16.1 Å². The maximum absolute atomic E-state index is 12.3. The van der Waals surface area contributed by atoms with Gasteiger partial charge in [0, 0.05) is 50.5 Å². The second-order valence-corrected chi connectivity index (χ2v) is 6.56. The Morgan fingerprint density at radius 2 is 2.04 bits per heavy atom. The zero-order valence-corrected chi connectivity index (χ0v) is 13.6. The van der Waals surface area contributed by atoms with E-state index in [0.29, 0.717) is 0 Å². The van der Waals surface area contributed by atoms with Crippen molar-refractivity contribution in [1.82, 2.24) is 19.2 Å². The van der Waals surface area contributed by atoms with E-state index in [9.17, 15) is 4.79 Å². The van der Waals surface area contributed by atoms with E-state index in [-0.39, 0.29) is 5.91 Å². The molecule has 6 heteroatoms. The summed E-state index contributed by atoms with van der Waals surface area (Å²) in [6, 6.07) is 7.92. The number of fused-ring (bicyclic) bond motifs is 1. The van der Waals surface area contributed by atoms with Crippen molar-refractivity contribution in [3.05, 3.63) is 58.7 Å². The fraction of sp³-hybridized carbons (Fsp3) is 0.294. The monoisotopic (exact) mass is 326 g/mol. The van der Waals surface area contributed by atoms with Crippen LogP contribution >= 0.6 is 11.3 Å². The minimum absolute atomic E-state index is 0.152. The number of pyridine rings is 1. The van der Waals surface area contributed by atoms with Crippen molar-refractivity contribution in [2.24, 2.45) is 0 Å². The lowest BCUT2D eigenvalue weighted by atomic mass is 10.2. The summed E-state index contributed by atoms with van der Waals surface area (Å²) in [6.45, 7) is 4.18. The van der Waals surface area contributed by atoms with Crippen molar-refractivity contribution in [3.63, 3.8) is 0 Å². The molecule has 4 rings (SSSR count). The Bertz CT molecular complexity index is 770. The van der Waals surface area contributed by atoms with Crippen molar-refractivity contribution in [2.75, 3.05) is 26.2 Å². The molecule has 1 fully saturated rings. The van der Waals surface area contributed by atoms with Crippen molar-refractivity contribution < 1.29 is 4.79 Å². The third kappa shape index (κ3) is 3.00. The summed E-state index contributed by atoms with van der Waals surface area (Å²) in [4.78, 5) is 21.3. The molecule has 0 unspecified atom stereocenters. The average molecular weight is 326 g/mol. The second-order valence-electron chi connectivity index (χ2n) is 5.78. The molecule has 0 bridgehead atoms. The molecule has 0 N–H and O–H groups in total. The molecule has 0 spiro atoms. The topological polar surface area (TPSA) is 40.9 Å². The van der Waals surface area contributed by atoms with Gasteiger partial charge in [0.05, 0.1) is 11.3 Å². The Morgan fingerprint density at radius 1 is 1.17 bits per heavy atom. The predicted molar refractivity (Wildman–Crippen MR) is 90.7 cm³/mol. The van der Waals surface area contributed by atoms with Crippen LogP contribution in [-0.2, 0) is 6.54 Å². The minimum Gasteiger partial charge on any atom is -0.336 e. The molecular weight excluding hydrogens is 308 g/mol. The predicted octanol–water partition coefficient (Wildman–Crippen LogP) is 2.35. The van der Waals surface area contributed by atoms with Crippen LogP contribution in [0.2, 0.25) is 0 Å². The van der Waals surface area contributed by atoms with Gasteiger partial charge < -0.3 is 9.30 Å². The van der Waals surface area contributed by atoms with Crippen LogP contribution in [-0.4, -0.2) is 51.3 Å². The number of aromatic nitrogens is 2. The Labute approximate surface area is 138 Å². The van der Waals surface area contributed by atoms with E-state index in [0.717, 1.165) is 49.6 Å². The zero-order valence-electron chi connectivity index (χ0n) is 12.8. The fourth-order valence-corrected chi connectivity index (χ4v) is 3.60. The van der Waals surface area contributed by atoms with E-state index >= 15 is 0 Å². The largest absolute Gasteiger partial charge is 0.336 e. The van der Waals surface area contributed by atoms with Crippen LogP contribution in [0.3, 0.4) is 0 Å². The van der Waals surface area contributed by atoms with Gasteiger partial charge in [0.2, 0.25) is 0 Å². The highest BCUT2D eigenvalue weighted by Crippen LogP contribution is 2.14. The van der Waals surface area contributed by atoms with Gasteiger partial charge in [0.1, 0.15) is 5.65 Å². The van der Waals surface area contributed by atoms with Gasteiger partial charge in [-0.05, 0) is 23.6 Å². The summed E-state index contributed by atoms with van der Waals surface area (Å²) in [5, 5.41) is 3.87. The third-order valence-corrected chi connectivity index (χ3v) is 4.91. The maximum atomic E-state index is 12.3. The van der Waals surface area contributed by atoms with Crippen LogP contribution in [0, 0.1) is 0 Å². The lowest BCUT2D eigenvalue weighted by Gasteiger charge is -2.34. The first kappa shape index (κ1) is 14.4. The maximum Gasteiger partial charge on any atom is 0.254 e. The molecule has 1 aliphatic heterocycles. The molecule has 1 amide bonds. The van der Waals surface area contributed by atoms with Crippen LogP contribution < -0.4 is 0 Å². The standard InChI is InChI=1S/C17H18N4OS/c22-17(14-4-10-23-13-14)20-8-6-19(7-9-20)11-15-12-21-5-2-1-3-16(21)18-15/h1-5,10,12-13H,6-9,11H2. The quantitative estimate of drug-likeness (QED) is 0.742. The smallest absolute Gasteiger partial charge is 0.254 e. The van der Waals surface area contributed by atoms with Crippen molar-refractivity contribution >= 4 is 22.9 Å². The van der Waals surface area contributed by atoms with Gasteiger partial charge in [-0.2, -0.15) is 11.3 Å². The molecule has 3 aromatic heterocycles. The first-order chi connectivity index (χ1) is 11.3. The Hall–Kier alpha value is -2.18. The molecule has 1 saturated heterocycles. The van der Waals surface area contributed by atoms with Crippen LogP contribution in [0.15, 0.2) is 47.4 Å². The second kappa shape index (κ2) is 6.14. The van der Waals surface area contributed by atoms with E-state index in [1.807, 2.05) is 50.5 Å². The van der Waals surface area contributed by atoms with Gasteiger partial charge in [-0.15, -0.1) is 0 Å². The van der Waals surface area contributed by atoms with Gasteiger partial charge in [0.15, 0.2) is 0 Å².